The number of benzene rings is 1. The minimum Gasteiger partial charge on any atom is -0.292 e. The second-order valence-corrected chi connectivity index (χ2v) is 5.43. The number of rotatable bonds is 2. The van der Waals surface area contributed by atoms with Crippen LogP contribution in [-0.4, -0.2) is 10.9 Å². The lowest BCUT2D eigenvalue weighted by molar-refractivity contribution is 0.273. The molecule has 2 heteroatoms. The van der Waals surface area contributed by atoms with Gasteiger partial charge in [-0.3, -0.25) is 4.90 Å². The molecule has 86 valence electrons. The van der Waals surface area contributed by atoms with Crippen LogP contribution in [0.5, 0.6) is 0 Å². The van der Waals surface area contributed by atoms with E-state index < -0.39 is 0 Å². The summed E-state index contributed by atoms with van der Waals surface area (Å²) in [6.45, 7) is 6.09. The van der Waals surface area contributed by atoms with Gasteiger partial charge in [0.25, 0.3) is 0 Å². The van der Waals surface area contributed by atoms with Crippen LogP contribution in [0.3, 0.4) is 0 Å². The molecule has 0 spiro atoms. The van der Waals surface area contributed by atoms with E-state index in [4.69, 9.17) is 0 Å². The van der Waals surface area contributed by atoms with Gasteiger partial charge in [0.2, 0.25) is 0 Å². The van der Waals surface area contributed by atoms with Gasteiger partial charge in [-0.1, -0.05) is 19.9 Å². The van der Waals surface area contributed by atoms with Crippen molar-refractivity contribution in [3.8, 4) is 0 Å². The first-order chi connectivity index (χ1) is 7.65. The van der Waals surface area contributed by atoms with Crippen molar-refractivity contribution >= 4 is 0 Å². The van der Waals surface area contributed by atoms with Crippen LogP contribution < -0.4 is 0 Å². The van der Waals surface area contributed by atoms with Crippen LogP contribution in [0, 0.1) is 5.82 Å². The maximum atomic E-state index is 13.8. The molecule has 0 N–H and O–H groups in total. The van der Waals surface area contributed by atoms with Crippen LogP contribution in [-0.2, 0) is 13.1 Å². The molecule has 16 heavy (non-hydrogen) atoms. The van der Waals surface area contributed by atoms with Crippen LogP contribution >= 0.6 is 0 Å². The molecule has 0 bridgehead atoms. The number of halogens is 1. The zero-order valence-electron chi connectivity index (χ0n) is 9.96. The van der Waals surface area contributed by atoms with Gasteiger partial charge >= 0.3 is 0 Å². The Kier molecular flexibility index (Phi) is 2.28. The van der Waals surface area contributed by atoms with Gasteiger partial charge < -0.3 is 0 Å². The maximum Gasteiger partial charge on any atom is 0.127 e. The first-order valence-electron chi connectivity index (χ1n) is 6.20. The monoisotopic (exact) mass is 219 g/mol. The lowest BCUT2D eigenvalue weighted by Gasteiger charge is -2.12. The fraction of sp³-hybridized carbons (Fsp3) is 0.571. The Hall–Kier alpha value is -0.890. The van der Waals surface area contributed by atoms with Crippen LogP contribution in [0.4, 0.5) is 4.39 Å². The average Bonchev–Trinajstić information content (AvgIpc) is 2.98. The molecular weight excluding hydrogens is 201 g/mol. The summed E-state index contributed by atoms with van der Waals surface area (Å²) in [7, 11) is 0. The highest BCUT2D eigenvalue weighted by molar-refractivity contribution is 5.37. The molecule has 3 rings (SSSR count). The summed E-state index contributed by atoms with van der Waals surface area (Å²) < 4.78 is 13.8. The van der Waals surface area contributed by atoms with Crippen molar-refractivity contribution in [3.05, 3.63) is 34.6 Å². The summed E-state index contributed by atoms with van der Waals surface area (Å²) in [6, 6.07) is 4.61. The van der Waals surface area contributed by atoms with Crippen molar-refractivity contribution in [2.75, 3.05) is 0 Å². The van der Waals surface area contributed by atoms with Crippen molar-refractivity contribution in [2.45, 2.75) is 51.7 Å². The molecule has 2 aliphatic rings. The molecule has 1 aromatic rings. The minimum absolute atomic E-state index is 0.0219. The Balaban J connectivity index is 1.92. The molecule has 1 heterocycles. The van der Waals surface area contributed by atoms with Gasteiger partial charge in [0, 0.05) is 19.1 Å². The second-order valence-electron chi connectivity index (χ2n) is 5.43. The predicted molar refractivity (Wildman–Crippen MR) is 62.8 cm³/mol. The van der Waals surface area contributed by atoms with Crippen molar-refractivity contribution in [1.29, 1.82) is 0 Å². The number of fused-ring (bicyclic) bond motifs is 1. The summed E-state index contributed by atoms with van der Waals surface area (Å²) in [6.07, 6.45) is 2.65. The molecule has 0 amide bonds. The molecule has 1 nitrogen and oxygen atoms in total. The van der Waals surface area contributed by atoms with E-state index in [0.29, 0.717) is 0 Å². The quantitative estimate of drug-likeness (QED) is 0.736. The lowest BCUT2D eigenvalue weighted by atomic mass is 9.98. The van der Waals surface area contributed by atoms with Gasteiger partial charge in [-0.15, -0.1) is 0 Å². The van der Waals surface area contributed by atoms with E-state index >= 15 is 0 Å². The summed E-state index contributed by atoms with van der Waals surface area (Å²) in [4.78, 5) is 2.48. The maximum absolute atomic E-state index is 13.8. The fourth-order valence-electron chi connectivity index (χ4n) is 2.61. The van der Waals surface area contributed by atoms with Crippen LogP contribution in [0.1, 0.15) is 49.3 Å². The van der Waals surface area contributed by atoms with Crippen LogP contribution in [0.2, 0.25) is 0 Å². The van der Waals surface area contributed by atoms with E-state index in [0.717, 1.165) is 24.7 Å². The topological polar surface area (TPSA) is 3.24 Å². The van der Waals surface area contributed by atoms with E-state index in [1.807, 2.05) is 0 Å². The smallest absolute Gasteiger partial charge is 0.127 e. The Morgan fingerprint density at radius 3 is 2.38 bits per heavy atom. The third kappa shape index (κ3) is 1.65. The molecule has 0 aromatic heterocycles. The van der Waals surface area contributed by atoms with Gasteiger partial charge in [0.05, 0.1) is 0 Å². The number of hydrogen-bond donors (Lipinski definition) is 0. The SMILES string of the molecule is CC(C)c1cc2c(cc1F)CN(C1CC1)C2. The highest BCUT2D eigenvalue weighted by atomic mass is 19.1. The van der Waals surface area contributed by atoms with Crippen molar-refractivity contribution in [3.63, 3.8) is 0 Å². The van der Waals surface area contributed by atoms with Crippen LogP contribution in [0.25, 0.3) is 0 Å². The molecule has 0 saturated heterocycles. The van der Waals surface area contributed by atoms with E-state index in [9.17, 15) is 4.39 Å². The molecule has 0 atom stereocenters. The summed E-state index contributed by atoms with van der Waals surface area (Å²) in [5.41, 5.74) is 3.42. The standard InChI is InChI=1S/C14H18FN/c1-9(2)13-5-10-7-16(12-3-4-12)8-11(10)6-14(13)15/h5-6,9,12H,3-4,7-8H2,1-2H3. The third-order valence-electron chi connectivity index (χ3n) is 3.75. The first-order valence-corrected chi connectivity index (χ1v) is 6.20. The molecular formula is C14H18FN. The molecule has 0 unspecified atom stereocenters. The summed E-state index contributed by atoms with van der Waals surface area (Å²) >= 11 is 0. The van der Waals surface area contributed by atoms with Crippen molar-refractivity contribution < 1.29 is 4.39 Å². The second kappa shape index (κ2) is 3.56. The molecule has 1 aromatic carbocycles. The van der Waals surface area contributed by atoms with E-state index in [1.54, 1.807) is 6.07 Å². The largest absolute Gasteiger partial charge is 0.292 e. The van der Waals surface area contributed by atoms with Gasteiger partial charge in [0.1, 0.15) is 5.82 Å². The Labute approximate surface area is 96.3 Å². The normalized spacial score (nSPS) is 20.5. The Morgan fingerprint density at radius 2 is 1.81 bits per heavy atom. The number of nitrogens with zero attached hydrogens (tertiary/aromatic N) is 1. The Morgan fingerprint density at radius 1 is 1.19 bits per heavy atom. The summed E-state index contributed by atoms with van der Waals surface area (Å²) in [5, 5.41) is 0. The minimum atomic E-state index is -0.0219. The highest BCUT2D eigenvalue weighted by Gasteiger charge is 2.33. The highest BCUT2D eigenvalue weighted by Crippen LogP contribution is 2.36. The molecule has 1 aliphatic carbocycles. The third-order valence-corrected chi connectivity index (χ3v) is 3.75. The van der Waals surface area contributed by atoms with Gasteiger partial charge in [-0.05, 0) is 41.5 Å². The predicted octanol–water partition coefficient (Wildman–Crippen LogP) is 3.43. The van der Waals surface area contributed by atoms with Gasteiger partial charge in [0.15, 0.2) is 0 Å². The first kappa shape index (κ1) is 10.3. The van der Waals surface area contributed by atoms with E-state index in [2.05, 4.69) is 24.8 Å². The van der Waals surface area contributed by atoms with Crippen molar-refractivity contribution in [2.24, 2.45) is 0 Å². The zero-order chi connectivity index (χ0) is 11.3. The fourth-order valence-corrected chi connectivity index (χ4v) is 2.61. The molecule has 1 fully saturated rings. The summed E-state index contributed by atoms with van der Waals surface area (Å²) in [5.74, 6) is 0.256. The van der Waals surface area contributed by atoms with Crippen LogP contribution in [0.15, 0.2) is 12.1 Å². The number of hydrogen-bond acceptors (Lipinski definition) is 1. The Bertz CT molecular complexity index is 421. The van der Waals surface area contributed by atoms with Gasteiger partial charge in [-0.2, -0.15) is 0 Å². The van der Waals surface area contributed by atoms with E-state index in [-0.39, 0.29) is 11.7 Å². The molecule has 0 radical (unpaired) electrons. The van der Waals surface area contributed by atoms with Gasteiger partial charge in [-0.25, -0.2) is 4.39 Å². The zero-order valence-corrected chi connectivity index (χ0v) is 9.96. The molecule has 1 saturated carbocycles. The van der Waals surface area contributed by atoms with E-state index in [1.165, 1.54) is 24.0 Å². The lowest BCUT2D eigenvalue weighted by Crippen LogP contribution is -2.18. The van der Waals surface area contributed by atoms with Crippen molar-refractivity contribution in [1.82, 2.24) is 4.90 Å². The molecule has 1 aliphatic heterocycles. The average molecular weight is 219 g/mol.